The lowest BCUT2D eigenvalue weighted by Crippen LogP contribution is -2.18. The van der Waals surface area contributed by atoms with Crippen molar-refractivity contribution in [3.05, 3.63) is 22.4 Å². The summed E-state index contributed by atoms with van der Waals surface area (Å²) in [5, 5.41) is 18.3. The molecule has 0 aromatic carbocycles. The van der Waals surface area contributed by atoms with Gasteiger partial charge in [0.15, 0.2) is 0 Å². The maximum Gasteiger partial charge on any atom is 0.143 e. The van der Waals surface area contributed by atoms with E-state index in [2.05, 4.69) is 31.9 Å². The van der Waals surface area contributed by atoms with E-state index in [0.29, 0.717) is 10.9 Å². The van der Waals surface area contributed by atoms with Crippen molar-refractivity contribution < 1.29 is 10.2 Å². The first kappa shape index (κ1) is 8.30. The first-order valence-electron chi connectivity index (χ1n) is 2.69. The minimum absolute atomic E-state index is 0.170. The molecule has 1 unspecified atom stereocenters. The second-order valence-electron chi connectivity index (χ2n) is 2.12. The second-order valence-corrected chi connectivity index (χ2v) is 4.45. The van der Waals surface area contributed by atoms with Crippen LogP contribution in [-0.2, 0) is 0 Å². The summed E-state index contributed by atoms with van der Waals surface area (Å²) in [7, 11) is 0. The highest BCUT2D eigenvalue weighted by Gasteiger charge is 2.24. The van der Waals surface area contributed by atoms with Gasteiger partial charge in [-0.1, -0.05) is 15.9 Å². The molecule has 10 heavy (non-hydrogen) atoms. The number of aliphatic hydroxyl groups excluding tert-OH is 1. The van der Waals surface area contributed by atoms with E-state index in [0.717, 1.165) is 0 Å². The van der Waals surface area contributed by atoms with Gasteiger partial charge in [0, 0.05) is 10.9 Å². The van der Waals surface area contributed by atoms with Crippen LogP contribution in [0.5, 0.6) is 0 Å². The van der Waals surface area contributed by atoms with Crippen LogP contribution >= 0.6 is 31.9 Å². The molecule has 56 valence electrons. The fourth-order valence-electron chi connectivity index (χ4n) is 0.664. The summed E-state index contributed by atoms with van der Waals surface area (Å²) in [6.07, 6.45) is 3.30. The zero-order chi connectivity index (χ0) is 7.78. The summed E-state index contributed by atoms with van der Waals surface area (Å²) in [5.41, 5.74) is 0. The van der Waals surface area contributed by atoms with E-state index < -0.39 is 4.51 Å². The van der Waals surface area contributed by atoms with Gasteiger partial charge in [-0.3, -0.25) is 0 Å². The maximum absolute atomic E-state index is 9.32. The average molecular weight is 270 g/mol. The monoisotopic (exact) mass is 268 g/mol. The molecule has 0 amide bonds. The molecule has 0 radical (unpaired) electrons. The zero-order valence-electron chi connectivity index (χ0n) is 5.01. The smallest absolute Gasteiger partial charge is 0.143 e. The Morgan fingerprint density at radius 1 is 1.60 bits per heavy atom. The van der Waals surface area contributed by atoms with Crippen LogP contribution in [0.3, 0.4) is 0 Å². The summed E-state index contributed by atoms with van der Waals surface area (Å²) < 4.78 is -0.396. The molecule has 0 saturated heterocycles. The number of alkyl halides is 1. The molecule has 0 spiro atoms. The number of hydrogen-bond donors (Lipinski definition) is 2. The SMILES string of the molecule is OC1=C(Br)CC(O)(Br)C=C1. The van der Waals surface area contributed by atoms with Crippen LogP contribution < -0.4 is 0 Å². The van der Waals surface area contributed by atoms with Crippen molar-refractivity contribution in [2.75, 3.05) is 0 Å². The molecule has 0 aromatic heterocycles. The van der Waals surface area contributed by atoms with E-state index >= 15 is 0 Å². The van der Waals surface area contributed by atoms with Gasteiger partial charge in [0.25, 0.3) is 0 Å². The summed E-state index contributed by atoms with van der Waals surface area (Å²) >= 11 is 6.17. The van der Waals surface area contributed by atoms with Crippen molar-refractivity contribution in [1.82, 2.24) is 0 Å². The van der Waals surface area contributed by atoms with Gasteiger partial charge in [-0.15, -0.1) is 0 Å². The molecular formula is C6H6Br2O2. The molecule has 2 N–H and O–H groups in total. The Balaban J connectivity index is 2.85. The van der Waals surface area contributed by atoms with Gasteiger partial charge in [0.1, 0.15) is 10.3 Å². The van der Waals surface area contributed by atoms with E-state index in [1.807, 2.05) is 0 Å². The van der Waals surface area contributed by atoms with Crippen LogP contribution in [0.4, 0.5) is 0 Å². The molecule has 1 aliphatic rings. The minimum Gasteiger partial charge on any atom is -0.507 e. The van der Waals surface area contributed by atoms with Gasteiger partial charge in [0.05, 0.1) is 0 Å². The van der Waals surface area contributed by atoms with Crippen LogP contribution in [0, 0.1) is 0 Å². The van der Waals surface area contributed by atoms with Crippen molar-refractivity contribution in [2.45, 2.75) is 10.9 Å². The number of halogens is 2. The normalized spacial score (nSPS) is 33.1. The Kier molecular flexibility index (Phi) is 2.22. The van der Waals surface area contributed by atoms with Gasteiger partial charge < -0.3 is 10.2 Å². The quantitative estimate of drug-likeness (QED) is 0.662. The van der Waals surface area contributed by atoms with E-state index in [9.17, 15) is 5.11 Å². The molecule has 0 aromatic rings. The highest BCUT2D eigenvalue weighted by molar-refractivity contribution is 9.12. The second kappa shape index (κ2) is 2.68. The first-order valence-corrected chi connectivity index (χ1v) is 4.28. The summed E-state index contributed by atoms with van der Waals surface area (Å²) in [5.74, 6) is 0.170. The van der Waals surface area contributed by atoms with E-state index in [-0.39, 0.29) is 5.76 Å². The van der Waals surface area contributed by atoms with Crippen molar-refractivity contribution in [2.24, 2.45) is 0 Å². The fourth-order valence-corrected chi connectivity index (χ4v) is 2.01. The summed E-state index contributed by atoms with van der Waals surface area (Å²) in [4.78, 5) is 0. The molecule has 2 nitrogen and oxygen atoms in total. The standard InChI is InChI=1S/C6H6Br2O2/c7-4-3-6(8,10)2-1-5(4)9/h1-2,9-10H,3H2. The highest BCUT2D eigenvalue weighted by Crippen LogP contribution is 2.33. The first-order chi connectivity index (χ1) is 4.51. The maximum atomic E-state index is 9.32. The fraction of sp³-hybridized carbons (Fsp3) is 0.333. The third-order valence-corrected chi connectivity index (χ3v) is 2.41. The molecule has 1 atom stereocenters. The van der Waals surface area contributed by atoms with Crippen LogP contribution in [0.1, 0.15) is 6.42 Å². The van der Waals surface area contributed by atoms with Crippen molar-refractivity contribution in [3.63, 3.8) is 0 Å². The van der Waals surface area contributed by atoms with Crippen LogP contribution in [0.2, 0.25) is 0 Å². The largest absolute Gasteiger partial charge is 0.507 e. The topological polar surface area (TPSA) is 40.5 Å². The lowest BCUT2D eigenvalue weighted by atomic mass is 10.1. The molecule has 0 fully saturated rings. The lowest BCUT2D eigenvalue weighted by molar-refractivity contribution is 0.193. The molecule has 1 aliphatic carbocycles. The number of allylic oxidation sites excluding steroid dienone is 1. The Labute approximate surface area is 75.5 Å². The van der Waals surface area contributed by atoms with Crippen LogP contribution in [0.25, 0.3) is 0 Å². The number of rotatable bonds is 0. The molecule has 1 rings (SSSR count). The molecule has 0 saturated carbocycles. The Morgan fingerprint density at radius 2 is 2.20 bits per heavy atom. The number of hydrogen-bond acceptors (Lipinski definition) is 2. The van der Waals surface area contributed by atoms with Crippen LogP contribution in [0.15, 0.2) is 22.4 Å². The number of aliphatic hydroxyl groups is 2. The van der Waals surface area contributed by atoms with Crippen molar-refractivity contribution >= 4 is 31.9 Å². The molecular weight excluding hydrogens is 264 g/mol. The van der Waals surface area contributed by atoms with Crippen LogP contribution in [-0.4, -0.2) is 14.7 Å². The summed E-state index contributed by atoms with van der Waals surface area (Å²) in [6, 6.07) is 0. The predicted molar refractivity (Wildman–Crippen MR) is 46.2 cm³/mol. The molecule has 0 bridgehead atoms. The van der Waals surface area contributed by atoms with Crippen molar-refractivity contribution in [1.29, 1.82) is 0 Å². The van der Waals surface area contributed by atoms with Gasteiger partial charge in [-0.25, -0.2) is 0 Å². The van der Waals surface area contributed by atoms with E-state index in [4.69, 9.17) is 5.11 Å². The van der Waals surface area contributed by atoms with Gasteiger partial charge in [-0.05, 0) is 28.1 Å². The van der Waals surface area contributed by atoms with Crippen molar-refractivity contribution in [3.8, 4) is 0 Å². The van der Waals surface area contributed by atoms with E-state index in [1.165, 1.54) is 12.2 Å². The Morgan fingerprint density at radius 3 is 2.60 bits per heavy atom. The lowest BCUT2D eigenvalue weighted by Gasteiger charge is -2.19. The minimum atomic E-state index is -1.00. The third-order valence-electron chi connectivity index (χ3n) is 1.18. The third kappa shape index (κ3) is 1.84. The Hall–Kier alpha value is 0.200. The van der Waals surface area contributed by atoms with Gasteiger partial charge in [-0.2, -0.15) is 0 Å². The van der Waals surface area contributed by atoms with Gasteiger partial charge >= 0.3 is 0 Å². The molecule has 0 heterocycles. The van der Waals surface area contributed by atoms with Gasteiger partial charge in [0.2, 0.25) is 0 Å². The Bertz CT molecular complexity index is 206. The molecule has 4 heteroatoms. The molecule has 0 aliphatic heterocycles. The zero-order valence-corrected chi connectivity index (χ0v) is 8.18. The van der Waals surface area contributed by atoms with E-state index in [1.54, 1.807) is 0 Å². The summed E-state index contributed by atoms with van der Waals surface area (Å²) in [6.45, 7) is 0. The predicted octanol–water partition coefficient (Wildman–Crippen LogP) is 2.19. The average Bonchev–Trinajstić information content (AvgIpc) is 1.79. The highest BCUT2D eigenvalue weighted by atomic mass is 79.9.